The van der Waals surface area contributed by atoms with E-state index in [1.807, 2.05) is 29.0 Å². The molecule has 90 valence electrons. The number of para-hydroxylation sites is 1. The number of nitrogens with two attached hydrogens (primary N) is 1. The Kier molecular flexibility index (Phi) is 3.59. The largest absolute Gasteiger partial charge is 0.327 e. The van der Waals surface area contributed by atoms with Crippen LogP contribution in [0, 0.1) is 5.82 Å². The number of hydrogen-bond donors (Lipinski definition) is 1. The van der Waals surface area contributed by atoms with E-state index in [0.717, 1.165) is 18.5 Å². The van der Waals surface area contributed by atoms with E-state index < -0.39 is 0 Å². The van der Waals surface area contributed by atoms with Crippen molar-refractivity contribution in [2.24, 2.45) is 5.73 Å². The van der Waals surface area contributed by atoms with Crippen LogP contribution >= 0.6 is 0 Å². The van der Waals surface area contributed by atoms with Crippen molar-refractivity contribution in [2.45, 2.75) is 25.8 Å². The van der Waals surface area contributed by atoms with Crippen LogP contribution in [0.4, 0.5) is 4.39 Å². The Morgan fingerprint density at radius 3 is 2.71 bits per heavy atom. The van der Waals surface area contributed by atoms with Gasteiger partial charge in [-0.25, -0.2) is 4.39 Å². The first kappa shape index (κ1) is 11.9. The van der Waals surface area contributed by atoms with Gasteiger partial charge in [0.25, 0.3) is 0 Å². The lowest BCUT2D eigenvalue weighted by Gasteiger charge is -2.13. The van der Waals surface area contributed by atoms with Crippen LogP contribution in [0.5, 0.6) is 0 Å². The standard InChI is InChI=1S/C14H17FN2/c1-2-11(16)10-12-6-5-9-17(12)14-8-4-3-7-13(14)15/h3-9,11H,2,10,16H2,1H3. The topological polar surface area (TPSA) is 30.9 Å². The maximum atomic E-state index is 13.7. The molecule has 1 heterocycles. The van der Waals surface area contributed by atoms with Crippen molar-refractivity contribution >= 4 is 0 Å². The molecule has 2 aromatic rings. The van der Waals surface area contributed by atoms with Gasteiger partial charge in [0.05, 0.1) is 5.69 Å². The van der Waals surface area contributed by atoms with E-state index in [1.165, 1.54) is 6.07 Å². The van der Waals surface area contributed by atoms with E-state index in [0.29, 0.717) is 5.69 Å². The van der Waals surface area contributed by atoms with Gasteiger partial charge in [-0.1, -0.05) is 19.1 Å². The predicted molar refractivity (Wildman–Crippen MR) is 67.7 cm³/mol. The van der Waals surface area contributed by atoms with Gasteiger partial charge >= 0.3 is 0 Å². The molecule has 0 saturated heterocycles. The van der Waals surface area contributed by atoms with Crippen LogP contribution in [0.15, 0.2) is 42.6 Å². The predicted octanol–water partition coefficient (Wildman–Crippen LogP) is 2.90. The molecule has 2 rings (SSSR count). The summed E-state index contributed by atoms with van der Waals surface area (Å²) < 4.78 is 15.6. The Morgan fingerprint density at radius 2 is 2.00 bits per heavy atom. The summed E-state index contributed by atoms with van der Waals surface area (Å²) in [5, 5.41) is 0. The minimum absolute atomic E-state index is 0.121. The van der Waals surface area contributed by atoms with E-state index in [2.05, 4.69) is 6.92 Å². The highest BCUT2D eigenvalue weighted by Crippen LogP contribution is 2.17. The highest BCUT2D eigenvalue weighted by molar-refractivity contribution is 5.36. The van der Waals surface area contributed by atoms with Crippen LogP contribution in [0.2, 0.25) is 0 Å². The molecule has 0 bridgehead atoms. The molecule has 0 saturated carbocycles. The van der Waals surface area contributed by atoms with Crippen LogP contribution in [-0.4, -0.2) is 10.6 Å². The maximum absolute atomic E-state index is 13.7. The van der Waals surface area contributed by atoms with E-state index >= 15 is 0 Å². The van der Waals surface area contributed by atoms with Crippen LogP contribution in [0.3, 0.4) is 0 Å². The van der Waals surface area contributed by atoms with Crippen molar-refractivity contribution in [1.29, 1.82) is 0 Å². The van der Waals surface area contributed by atoms with Crippen molar-refractivity contribution in [3.63, 3.8) is 0 Å². The monoisotopic (exact) mass is 232 g/mol. The molecule has 0 spiro atoms. The average molecular weight is 232 g/mol. The molecule has 3 heteroatoms. The lowest BCUT2D eigenvalue weighted by molar-refractivity contribution is 0.603. The summed E-state index contributed by atoms with van der Waals surface area (Å²) in [6, 6.07) is 10.8. The molecule has 1 unspecified atom stereocenters. The molecule has 17 heavy (non-hydrogen) atoms. The average Bonchev–Trinajstić information content (AvgIpc) is 2.77. The molecule has 0 aliphatic rings. The lowest BCUT2D eigenvalue weighted by atomic mass is 10.1. The Bertz CT molecular complexity index is 490. The van der Waals surface area contributed by atoms with Gasteiger partial charge in [-0.05, 0) is 30.7 Å². The molecule has 0 amide bonds. The van der Waals surface area contributed by atoms with Gasteiger partial charge in [-0.15, -0.1) is 0 Å². The van der Waals surface area contributed by atoms with Crippen LogP contribution in [0.1, 0.15) is 19.0 Å². The highest BCUT2D eigenvalue weighted by Gasteiger charge is 2.09. The highest BCUT2D eigenvalue weighted by atomic mass is 19.1. The fourth-order valence-corrected chi connectivity index (χ4v) is 1.88. The molecule has 2 nitrogen and oxygen atoms in total. The van der Waals surface area contributed by atoms with Crippen LogP contribution in [0.25, 0.3) is 5.69 Å². The summed E-state index contributed by atoms with van der Waals surface area (Å²) in [7, 11) is 0. The molecule has 0 radical (unpaired) electrons. The fourth-order valence-electron chi connectivity index (χ4n) is 1.88. The maximum Gasteiger partial charge on any atom is 0.147 e. The molecule has 0 fully saturated rings. The normalized spacial score (nSPS) is 12.6. The van der Waals surface area contributed by atoms with E-state index in [4.69, 9.17) is 5.73 Å². The third kappa shape index (κ3) is 2.56. The third-order valence-electron chi connectivity index (χ3n) is 2.94. The minimum atomic E-state index is -0.213. The molecule has 0 aliphatic carbocycles. The second-order valence-electron chi connectivity index (χ2n) is 4.19. The van der Waals surface area contributed by atoms with Crippen LogP contribution < -0.4 is 5.73 Å². The molecule has 1 atom stereocenters. The van der Waals surface area contributed by atoms with Crippen molar-refractivity contribution < 1.29 is 4.39 Å². The first-order chi connectivity index (χ1) is 8.22. The zero-order chi connectivity index (χ0) is 12.3. The van der Waals surface area contributed by atoms with Crippen LogP contribution in [-0.2, 0) is 6.42 Å². The van der Waals surface area contributed by atoms with Crippen molar-refractivity contribution in [3.8, 4) is 5.69 Å². The Labute approximate surface area is 101 Å². The first-order valence-electron chi connectivity index (χ1n) is 5.89. The molecule has 1 aromatic heterocycles. The van der Waals surface area contributed by atoms with Crippen molar-refractivity contribution in [1.82, 2.24) is 4.57 Å². The number of aromatic nitrogens is 1. The number of benzene rings is 1. The number of nitrogens with zero attached hydrogens (tertiary/aromatic N) is 1. The summed E-state index contributed by atoms with van der Waals surface area (Å²) in [6.07, 6.45) is 3.55. The summed E-state index contributed by atoms with van der Waals surface area (Å²) in [4.78, 5) is 0. The molecular formula is C14H17FN2. The van der Waals surface area contributed by atoms with Gasteiger partial charge in [0.1, 0.15) is 5.82 Å². The minimum Gasteiger partial charge on any atom is -0.327 e. The Morgan fingerprint density at radius 1 is 1.24 bits per heavy atom. The smallest absolute Gasteiger partial charge is 0.147 e. The zero-order valence-electron chi connectivity index (χ0n) is 9.94. The Hall–Kier alpha value is -1.61. The van der Waals surface area contributed by atoms with Gasteiger partial charge in [-0.3, -0.25) is 0 Å². The summed E-state index contributed by atoms with van der Waals surface area (Å²) in [6.45, 7) is 2.06. The fraction of sp³-hybridized carbons (Fsp3) is 0.286. The second-order valence-corrected chi connectivity index (χ2v) is 4.19. The van der Waals surface area contributed by atoms with Gasteiger partial charge in [0.2, 0.25) is 0 Å². The number of rotatable bonds is 4. The quantitative estimate of drug-likeness (QED) is 0.863. The van der Waals surface area contributed by atoms with Crippen molar-refractivity contribution in [2.75, 3.05) is 0 Å². The van der Waals surface area contributed by atoms with Gasteiger partial charge in [-0.2, -0.15) is 0 Å². The van der Waals surface area contributed by atoms with E-state index in [-0.39, 0.29) is 11.9 Å². The third-order valence-corrected chi connectivity index (χ3v) is 2.94. The number of halogens is 1. The second kappa shape index (κ2) is 5.15. The van der Waals surface area contributed by atoms with Crippen molar-refractivity contribution in [3.05, 3.63) is 54.1 Å². The summed E-state index contributed by atoms with van der Waals surface area (Å²) >= 11 is 0. The molecular weight excluding hydrogens is 215 g/mol. The van der Waals surface area contributed by atoms with E-state index in [1.54, 1.807) is 12.1 Å². The van der Waals surface area contributed by atoms with Gasteiger partial charge < -0.3 is 10.3 Å². The van der Waals surface area contributed by atoms with Gasteiger partial charge in [0, 0.05) is 24.4 Å². The summed E-state index contributed by atoms with van der Waals surface area (Å²) in [5.74, 6) is -0.213. The number of hydrogen-bond acceptors (Lipinski definition) is 1. The SMILES string of the molecule is CCC(N)Cc1cccn1-c1ccccc1F. The summed E-state index contributed by atoms with van der Waals surface area (Å²) in [5.41, 5.74) is 7.57. The molecule has 2 N–H and O–H groups in total. The molecule has 1 aromatic carbocycles. The lowest BCUT2D eigenvalue weighted by Crippen LogP contribution is -2.22. The molecule has 0 aliphatic heterocycles. The zero-order valence-corrected chi connectivity index (χ0v) is 9.94. The first-order valence-corrected chi connectivity index (χ1v) is 5.89. The van der Waals surface area contributed by atoms with E-state index in [9.17, 15) is 4.39 Å². The van der Waals surface area contributed by atoms with Gasteiger partial charge in [0.15, 0.2) is 0 Å². The Balaban J connectivity index is 2.34.